The lowest BCUT2D eigenvalue weighted by molar-refractivity contribution is -0.146. The first-order valence-corrected chi connectivity index (χ1v) is 8.56. The number of carboxylic acids is 1. The molecule has 1 aliphatic rings. The highest BCUT2D eigenvalue weighted by molar-refractivity contribution is 9.10. The first-order chi connectivity index (χ1) is 10.5. The summed E-state index contributed by atoms with van der Waals surface area (Å²) in [5.41, 5.74) is 1.15. The van der Waals surface area contributed by atoms with Crippen molar-refractivity contribution >= 4 is 27.8 Å². The number of amides is 1. The summed E-state index contributed by atoms with van der Waals surface area (Å²) in [5, 5.41) is 9.03. The minimum Gasteiger partial charge on any atom is -0.481 e. The number of rotatable bonds is 5. The van der Waals surface area contributed by atoms with Crippen molar-refractivity contribution in [2.45, 2.75) is 32.6 Å². The van der Waals surface area contributed by atoms with E-state index in [1.54, 1.807) is 0 Å². The van der Waals surface area contributed by atoms with E-state index in [0.29, 0.717) is 25.9 Å². The topological polar surface area (TPSA) is 57.6 Å². The maximum absolute atomic E-state index is 12.7. The number of likely N-dealkylation sites (tertiary alicyclic amines) is 1. The van der Waals surface area contributed by atoms with E-state index in [1.165, 1.54) is 0 Å². The second-order valence-corrected chi connectivity index (χ2v) is 6.79. The van der Waals surface area contributed by atoms with Crippen LogP contribution >= 0.6 is 15.9 Å². The zero-order valence-electron chi connectivity index (χ0n) is 12.8. The van der Waals surface area contributed by atoms with Crippen molar-refractivity contribution in [1.29, 1.82) is 0 Å². The highest BCUT2D eigenvalue weighted by Gasteiger charge is 2.30. The van der Waals surface area contributed by atoms with Crippen LogP contribution in [0.3, 0.4) is 0 Å². The Balaban J connectivity index is 1.96. The molecular formula is C17H22BrNO3. The number of hydrogen-bond donors (Lipinski definition) is 1. The van der Waals surface area contributed by atoms with Gasteiger partial charge in [-0.15, -0.1) is 0 Å². The van der Waals surface area contributed by atoms with Crippen LogP contribution in [0.15, 0.2) is 28.7 Å². The molecule has 1 heterocycles. The first-order valence-electron chi connectivity index (χ1n) is 7.77. The summed E-state index contributed by atoms with van der Waals surface area (Å²) >= 11 is 3.46. The molecule has 1 aromatic carbocycles. The Kier molecular flexibility index (Phi) is 6.00. The number of carbonyl (C=O) groups is 2. The van der Waals surface area contributed by atoms with Crippen molar-refractivity contribution in [1.82, 2.24) is 4.90 Å². The molecule has 5 heteroatoms. The fourth-order valence-electron chi connectivity index (χ4n) is 2.96. The molecule has 22 heavy (non-hydrogen) atoms. The molecule has 1 fully saturated rings. The molecular weight excluding hydrogens is 346 g/mol. The van der Waals surface area contributed by atoms with E-state index >= 15 is 0 Å². The van der Waals surface area contributed by atoms with Crippen LogP contribution in [0.5, 0.6) is 0 Å². The summed E-state index contributed by atoms with van der Waals surface area (Å²) in [6.45, 7) is 3.15. The Labute approximate surface area is 139 Å². The third-order valence-corrected chi connectivity index (χ3v) is 4.86. The molecule has 1 saturated heterocycles. The number of aliphatic carboxylic acids is 1. The Hall–Kier alpha value is -1.36. The zero-order chi connectivity index (χ0) is 16.1. The number of piperidine rings is 1. The summed E-state index contributed by atoms with van der Waals surface area (Å²) in [7, 11) is 0. The Morgan fingerprint density at radius 2 is 2.05 bits per heavy atom. The van der Waals surface area contributed by atoms with Crippen LogP contribution in [0, 0.1) is 11.8 Å². The van der Waals surface area contributed by atoms with E-state index in [-0.39, 0.29) is 17.7 Å². The Bertz CT molecular complexity index is 538. The summed E-state index contributed by atoms with van der Waals surface area (Å²) in [5.74, 6) is -0.913. The van der Waals surface area contributed by atoms with Gasteiger partial charge in [0.05, 0.1) is 5.92 Å². The van der Waals surface area contributed by atoms with E-state index in [4.69, 9.17) is 5.11 Å². The van der Waals surface area contributed by atoms with Gasteiger partial charge in [-0.25, -0.2) is 0 Å². The average molecular weight is 368 g/mol. The van der Waals surface area contributed by atoms with Crippen LogP contribution in [0.4, 0.5) is 0 Å². The maximum atomic E-state index is 12.7. The molecule has 1 N–H and O–H groups in total. The van der Waals surface area contributed by atoms with Crippen molar-refractivity contribution < 1.29 is 14.7 Å². The largest absolute Gasteiger partial charge is 0.481 e. The maximum Gasteiger partial charge on any atom is 0.306 e. The van der Waals surface area contributed by atoms with Gasteiger partial charge in [0.1, 0.15) is 0 Å². The SMILES string of the molecule is CCC(Cc1cccc(Br)c1)C(=O)N1CCC(C(=O)O)CC1. The quantitative estimate of drug-likeness (QED) is 0.867. The lowest BCUT2D eigenvalue weighted by Crippen LogP contribution is -2.43. The fraction of sp³-hybridized carbons (Fsp3) is 0.529. The molecule has 4 nitrogen and oxygen atoms in total. The van der Waals surface area contributed by atoms with Crippen molar-refractivity contribution in [3.8, 4) is 0 Å². The molecule has 1 unspecified atom stereocenters. The molecule has 0 bridgehead atoms. The highest BCUT2D eigenvalue weighted by Crippen LogP contribution is 2.22. The summed E-state index contributed by atoms with van der Waals surface area (Å²) in [6, 6.07) is 8.04. The molecule has 0 saturated carbocycles. The standard InChI is InChI=1S/C17H22BrNO3/c1-2-13(10-12-4-3-5-15(18)11-12)16(20)19-8-6-14(7-9-19)17(21)22/h3-5,11,13-14H,2,6-10H2,1H3,(H,21,22). The number of benzene rings is 1. The van der Waals surface area contributed by atoms with Gasteiger partial charge < -0.3 is 10.0 Å². The molecule has 1 amide bonds. The fourth-order valence-corrected chi connectivity index (χ4v) is 3.41. The number of carboxylic acid groups (broad SMARTS) is 1. The predicted octanol–water partition coefficient (Wildman–Crippen LogP) is 3.34. The van der Waals surface area contributed by atoms with Crippen LogP contribution < -0.4 is 0 Å². The monoisotopic (exact) mass is 367 g/mol. The molecule has 2 rings (SSSR count). The summed E-state index contributed by atoms with van der Waals surface area (Å²) in [6.07, 6.45) is 2.65. The van der Waals surface area contributed by atoms with Gasteiger partial charge in [0.2, 0.25) is 5.91 Å². The van der Waals surface area contributed by atoms with E-state index in [9.17, 15) is 9.59 Å². The van der Waals surface area contributed by atoms with Gasteiger partial charge in [-0.05, 0) is 43.4 Å². The molecule has 0 aliphatic carbocycles. The lowest BCUT2D eigenvalue weighted by Gasteiger charge is -2.32. The average Bonchev–Trinajstić information content (AvgIpc) is 2.52. The molecule has 0 radical (unpaired) electrons. The molecule has 1 aromatic rings. The minimum absolute atomic E-state index is 0.0318. The van der Waals surface area contributed by atoms with Crippen molar-refractivity contribution in [2.75, 3.05) is 13.1 Å². The summed E-state index contributed by atoms with van der Waals surface area (Å²) < 4.78 is 1.02. The van der Waals surface area contributed by atoms with Gasteiger partial charge in [-0.2, -0.15) is 0 Å². The summed E-state index contributed by atoms with van der Waals surface area (Å²) in [4.78, 5) is 25.5. The lowest BCUT2D eigenvalue weighted by atomic mass is 9.92. The van der Waals surface area contributed by atoms with E-state index in [0.717, 1.165) is 22.9 Å². The third kappa shape index (κ3) is 4.32. The number of hydrogen-bond acceptors (Lipinski definition) is 2. The van der Waals surface area contributed by atoms with Crippen molar-refractivity contribution in [3.63, 3.8) is 0 Å². The normalized spacial score (nSPS) is 17.3. The molecule has 1 atom stereocenters. The van der Waals surface area contributed by atoms with E-state index < -0.39 is 5.97 Å². The first kappa shape index (κ1) is 17.0. The van der Waals surface area contributed by atoms with Gasteiger partial charge in [-0.3, -0.25) is 9.59 Å². The van der Waals surface area contributed by atoms with Crippen LogP contribution in [-0.2, 0) is 16.0 Å². The predicted molar refractivity (Wildman–Crippen MR) is 88.6 cm³/mol. The Morgan fingerprint density at radius 1 is 1.36 bits per heavy atom. The number of halogens is 1. The van der Waals surface area contributed by atoms with E-state index in [1.807, 2.05) is 36.1 Å². The van der Waals surface area contributed by atoms with Crippen molar-refractivity contribution in [2.24, 2.45) is 11.8 Å². The molecule has 1 aliphatic heterocycles. The van der Waals surface area contributed by atoms with Gasteiger partial charge in [-0.1, -0.05) is 35.0 Å². The third-order valence-electron chi connectivity index (χ3n) is 4.37. The van der Waals surface area contributed by atoms with Crippen LogP contribution in [0.25, 0.3) is 0 Å². The van der Waals surface area contributed by atoms with Crippen LogP contribution in [-0.4, -0.2) is 35.0 Å². The second-order valence-electron chi connectivity index (χ2n) is 5.88. The molecule has 0 spiro atoms. The van der Waals surface area contributed by atoms with Crippen LogP contribution in [0.1, 0.15) is 31.7 Å². The smallest absolute Gasteiger partial charge is 0.306 e. The molecule has 120 valence electrons. The molecule has 0 aromatic heterocycles. The minimum atomic E-state index is -0.742. The second kappa shape index (κ2) is 7.77. The van der Waals surface area contributed by atoms with Crippen molar-refractivity contribution in [3.05, 3.63) is 34.3 Å². The number of carbonyl (C=O) groups excluding carboxylic acids is 1. The number of nitrogens with zero attached hydrogens (tertiary/aromatic N) is 1. The van der Waals surface area contributed by atoms with Gasteiger partial charge in [0.15, 0.2) is 0 Å². The van der Waals surface area contributed by atoms with Gasteiger partial charge in [0, 0.05) is 23.5 Å². The zero-order valence-corrected chi connectivity index (χ0v) is 14.4. The van der Waals surface area contributed by atoms with Gasteiger partial charge >= 0.3 is 5.97 Å². The Morgan fingerprint density at radius 3 is 2.59 bits per heavy atom. The highest BCUT2D eigenvalue weighted by atomic mass is 79.9. The van der Waals surface area contributed by atoms with Gasteiger partial charge in [0.25, 0.3) is 0 Å². The van der Waals surface area contributed by atoms with E-state index in [2.05, 4.69) is 15.9 Å². The van der Waals surface area contributed by atoms with Crippen LogP contribution in [0.2, 0.25) is 0 Å².